The van der Waals surface area contributed by atoms with Crippen LogP contribution in [0.1, 0.15) is 91.9 Å². The summed E-state index contributed by atoms with van der Waals surface area (Å²) < 4.78 is 11.9. The third kappa shape index (κ3) is 8.38. The van der Waals surface area contributed by atoms with E-state index in [0.29, 0.717) is 0 Å². The third-order valence-corrected chi connectivity index (χ3v) is 6.31. The zero-order chi connectivity index (χ0) is 16.3. The lowest BCUT2D eigenvalue weighted by atomic mass is 9.84. The quantitative estimate of drug-likeness (QED) is 0.371. The molecule has 0 spiro atoms. The summed E-state index contributed by atoms with van der Waals surface area (Å²) in [5.74, 6) is 0.0907. The van der Waals surface area contributed by atoms with E-state index in [1.54, 1.807) is 0 Å². The molecule has 2 atom stereocenters. The molecule has 0 heterocycles. The number of unbranched alkanes of at least 4 members (excludes halogenated alkanes) is 4. The summed E-state index contributed by atoms with van der Waals surface area (Å²) in [7, 11) is -4.52. The molecule has 0 aliphatic carbocycles. The van der Waals surface area contributed by atoms with Gasteiger partial charge in [0.15, 0.2) is 0 Å². The molecule has 0 bridgehead atoms. The Labute approximate surface area is 132 Å². The summed E-state index contributed by atoms with van der Waals surface area (Å²) in [4.78, 5) is 23.7. The van der Waals surface area contributed by atoms with Gasteiger partial charge in [-0.15, -0.1) is 0 Å². The Bertz CT molecular complexity index is 270. The van der Waals surface area contributed by atoms with Gasteiger partial charge in [0.1, 0.15) is 0 Å². The van der Waals surface area contributed by atoms with E-state index in [-0.39, 0.29) is 11.8 Å². The average molecular weight is 318 g/mol. The third-order valence-electron chi connectivity index (χ3n) is 4.74. The first-order valence-corrected chi connectivity index (χ1v) is 10.5. The molecule has 0 aromatic rings. The normalized spacial score (nSPS) is 16.7. The lowest BCUT2D eigenvalue weighted by molar-refractivity contribution is -0.319. The molecule has 0 radical (unpaired) electrons. The van der Waals surface area contributed by atoms with E-state index in [1.807, 2.05) is 13.8 Å². The van der Waals surface area contributed by atoms with Crippen LogP contribution in [0.2, 0.25) is 0 Å². The largest absolute Gasteiger partial charge is 0.811 e. The molecule has 0 aliphatic heterocycles. The minimum atomic E-state index is -4.52. The second-order valence-corrected chi connectivity index (χ2v) is 8.03. The topological polar surface area (TPSA) is 63.2 Å². The molecule has 4 heteroatoms. The minimum Gasteiger partial charge on any atom is -0.811 e. The van der Waals surface area contributed by atoms with E-state index in [0.717, 1.165) is 64.2 Å². The van der Waals surface area contributed by atoms with Crippen LogP contribution in [0.4, 0.5) is 0 Å². The zero-order valence-electron chi connectivity index (χ0n) is 14.5. The summed E-state index contributed by atoms with van der Waals surface area (Å²) in [5.41, 5.74) is -0.652. The van der Waals surface area contributed by atoms with Gasteiger partial charge in [-0.3, -0.25) is 0 Å². The van der Waals surface area contributed by atoms with E-state index in [2.05, 4.69) is 13.8 Å². The van der Waals surface area contributed by atoms with Crippen LogP contribution in [0.3, 0.4) is 0 Å². The van der Waals surface area contributed by atoms with Crippen LogP contribution in [-0.4, -0.2) is 5.66 Å². The molecule has 0 aromatic carbocycles. The molecule has 128 valence electrons. The van der Waals surface area contributed by atoms with Crippen LogP contribution in [-0.2, 0) is 4.57 Å². The van der Waals surface area contributed by atoms with Gasteiger partial charge in [-0.25, -0.2) is 0 Å². The summed E-state index contributed by atoms with van der Waals surface area (Å²) in [6.07, 6.45) is 9.94. The van der Waals surface area contributed by atoms with E-state index in [9.17, 15) is 14.4 Å². The molecule has 0 aromatic heterocycles. The fourth-order valence-corrected chi connectivity index (χ4v) is 5.20. The minimum absolute atomic E-state index is 0.0453. The Morgan fingerprint density at radius 1 is 0.762 bits per heavy atom. The van der Waals surface area contributed by atoms with Crippen LogP contribution < -0.4 is 9.79 Å². The lowest BCUT2D eigenvalue weighted by Crippen LogP contribution is -2.37. The van der Waals surface area contributed by atoms with Gasteiger partial charge >= 0.3 is 0 Å². The van der Waals surface area contributed by atoms with Crippen LogP contribution in [0.15, 0.2) is 0 Å². The Morgan fingerprint density at radius 2 is 1.14 bits per heavy atom. The maximum absolute atomic E-state index is 11.9. The maximum atomic E-state index is 11.9. The number of hydrogen-bond donors (Lipinski definition) is 0. The van der Waals surface area contributed by atoms with E-state index in [1.165, 1.54) is 0 Å². The summed E-state index contributed by atoms with van der Waals surface area (Å²) in [5, 5.41) is 0. The monoisotopic (exact) mass is 318 g/mol. The Balaban J connectivity index is 4.90. The highest BCUT2D eigenvalue weighted by atomic mass is 31.2. The standard InChI is InChI=1S/C17H37O3P/c1-5-9-11-13-15(7-3)17(21(18,19)20)16(8-4)14-12-10-6-2/h15-17H,5-14H2,1-4H3,(H2,18,19,20)/p-2. The molecule has 0 saturated carbocycles. The second kappa shape index (κ2) is 11.7. The summed E-state index contributed by atoms with van der Waals surface area (Å²) >= 11 is 0. The van der Waals surface area contributed by atoms with Crippen molar-refractivity contribution in [2.24, 2.45) is 11.8 Å². The first-order chi connectivity index (χ1) is 9.92. The van der Waals surface area contributed by atoms with Crippen LogP contribution >= 0.6 is 7.60 Å². The van der Waals surface area contributed by atoms with Crippen molar-refractivity contribution < 1.29 is 14.4 Å². The summed E-state index contributed by atoms with van der Waals surface area (Å²) in [6.45, 7) is 8.34. The predicted molar refractivity (Wildman–Crippen MR) is 87.2 cm³/mol. The van der Waals surface area contributed by atoms with E-state index < -0.39 is 13.3 Å². The smallest absolute Gasteiger partial charge is 0.00776 e. The Hall–Kier alpha value is 0.150. The first kappa shape index (κ1) is 21.1. The Kier molecular flexibility index (Phi) is 11.8. The molecule has 0 fully saturated rings. The predicted octanol–water partition coefficient (Wildman–Crippen LogP) is 4.48. The highest BCUT2D eigenvalue weighted by molar-refractivity contribution is 7.49. The molecule has 0 amide bonds. The molecule has 2 unspecified atom stereocenters. The number of rotatable bonds is 13. The van der Waals surface area contributed by atoms with Crippen molar-refractivity contribution in [1.82, 2.24) is 0 Å². The van der Waals surface area contributed by atoms with Crippen LogP contribution in [0.5, 0.6) is 0 Å². The fourth-order valence-electron chi connectivity index (χ4n) is 3.45. The van der Waals surface area contributed by atoms with Crippen molar-refractivity contribution in [1.29, 1.82) is 0 Å². The SMILES string of the molecule is CCCCCC(CC)C(C(CC)CCCCC)P(=O)([O-])[O-]. The van der Waals surface area contributed by atoms with Gasteiger partial charge in [0.25, 0.3) is 0 Å². The zero-order valence-corrected chi connectivity index (χ0v) is 15.4. The lowest BCUT2D eigenvalue weighted by Gasteiger charge is -2.47. The van der Waals surface area contributed by atoms with Crippen molar-refractivity contribution in [2.45, 2.75) is 97.6 Å². The highest BCUT2D eigenvalue weighted by Gasteiger charge is 2.29. The molecule has 0 aliphatic rings. The van der Waals surface area contributed by atoms with Gasteiger partial charge in [0.2, 0.25) is 0 Å². The molecule has 0 saturated heterocycles. The summed E-state index contributed by atoms with van der Waals surface area (Å²) in [6, 6.07) is 0. The van der Waals surface area contributed by atoms with Gasteiger partial charge in [-0.1, -0.05) is 86.7 Å². The highest BCUT2D eigenvalue weighted by Crippen LogP contribution is 2.46. The molecular weight excluding hydrogens is 283 g/mol. The fraction of sp³-hybridized carbons (Fsp3) is 1.00. The molecule has 0 N–H and O–H groups in total. The van der Waals surface area contributed by atoms with Gasteiger partial charge in [0, 0.05) is 0 Å². The van der Waals surface area contributed by atoms with Crippen molar-refractivity contribution >= 4 is 7.60 Å². The van der Waals surface area contributed by atoms with Crippen molar-refractivity contribution in [3.8, 4) is 0 Å². The van der Waals surface area contributed by atoms with Gasteiger partial charge in [-0.2, -0.15) is 0 Å². The average Bonchev–Trinajstić information content (AvgIpc) is 2.43. The molecular formula is C17H35O3P-2. The molecule has 0 rings (SSSR count). The van der Waals surface area contributed by atoms with Crippen LogP contribution in [0.25, 0.3) is 0 Å². The van der Waals surface area contributed by atoms with Crippen molar-refractivity contribution in [3.05, 3.63) is 0 Å². The first-order valence-electron chi connectivity index (χ1n) is 8.93. The van der Waals surface area contributed by atoms with E-state index in [4.69, 9.17) is 0 Å². The Morgan fingerprint density at radius 3 is 1.38 bits per heavy atom. The van der Waals surface area contributed by atoms with Gasteiger partial charge < -0.3 is 14.4 Å². The second-order valence-electron chi connectivity index (χ2n) is 6.36. The molecule has 21 heavy (non-hydrogen) atoms. The van der Waals surface area contributed by atoms with Gasteiger partial charge in [-0.05, 0) is 30.3 Å². The number of hydrogen-bond acceptors (Lipinski definition) is 3. The molecule has 3 nitrogen and oxygen atoms in total. The maximum Gasteiger partial charge on any atom is -0.00776 e. The van der Waals surface area contributed by atoms with Crippen LogP contribution in [0, 0.1) is 11.8 Å². The van der Waals surface area contributed by atoms with E-state index >= 15 is 0 Å². The van der Waals surface area contributed by atoms with Crippen molar-refractivity contribution in [3.63, 3.8) is 0 Å². The van der Waals surface area contributed by atoms with Gasteiger partial charge in [0.05, 0.1) is 0 Å². The van der Waals surface area contributed by atoms with Crippen molar-refractivity contribution in [2.75, 3.05) is 0 Å².